The van der Waals surface area contributed by atoms with E-state index in [1.165, 1.54) is 42.8 Å². The number of carbonyl (C=O) groups excluding carboxylic acids is 1. The first-order valence-corrected chi connectivity index (χ1v) is 10.5. The lowest BCUT2D eigenvalue weighted by atomic mass is 9.96. The monoisotopic (exact) mass is 470 g/mol. The van der Waals surface area contributed by atoms with Gasteiger partial charge < -0.3 is 15.2 Å². The zero-order valence-corrected chi connectivity index (χ0v) is 18.3. The van der Waals surface area contributed by atoms with Gasteiger partial charge in [-0.3, -0.25) is 9.78 Å². The molecule has 0 aliphatic carbocycles. The van der Waals surface area contributed by atoms with Crippen LogP contribution in [0.2, 0.25) is 5.02 Å². The highest BCUT2D eigenvalue weighted by atomic mass is 35.5. The Labute approximate surface area is 191 Å². The molecular formula is C22H16ClFN4O3S. The van der Waals surface area contributed by atoms with E-state index in [1.807, 2.05) is 0 Å². The predicted molar refractivity (Wildman–Crippen MR) is 119 cm³/mol. The summed E-state index contributed by atoms with van der Waals surface area (Å²) in [6.45, 7) is 0.160. The van der Waals surface area contributed by atoms with E-state index in [4.69, 9.17) is 26.8 Å². The molecule has 2 N–H and O–H groups in total. The Morgan fingerprint density at radius 3 is 2.62 bits per heavy atom. The maximum absolute atomic E-state index is 14.9. The fourth-order valence-electron chi connectivity index (χ4n) is 3.08. The topological polar surface area (TPSA) is 100 Å². The van der Waals surface area contributed by atoms with Gasteiger partial charge in [0, 0.05) is 16.8 Å². The van der Waals surface area contributed by atoms with Crippen molar-refractivity contribution >= 4 is 28.8 Å². The van der Waals surface area contributed by atoms with Crippen LogP contribution < -0.4 is 15.2 Å². The van der Waals surface area contributed by atoms with Gasteiger partial charge in [-0.25, -0.2) is 4.39 Å². The van der Waals surface area contributed by atoms with E-state index in [0.717, 1.165) is 0 Å². The fourth-order valence-corrected chi connectivity index (χ4v) is 3.96. The second kappa shape index (κ2) is 9.29. The van der Waals surface area contributed by atoms with Gasteiger partial charge in [0.15, 0.2) is 10.0 Å². The quantitative estimate of drug-likeness (QED) is 0.418. The van der Waals surface area contributed by atoms with Gasteiger partial charge in [0.25, 0.3) is 0 Å². The van der Waals surface area contributed by atoms with Crippen molar-refractivity contribution in [1.82, 2.24) is 15.2 Å². The smallest absolute Gasteiger partial charge is 0.249 e. The van der Waals surface area contributed by atoms with E-state index >= 15 is 0 Å². The van der Waals surface area contributed by atoms with Crippen LogP contribution in [0.25, 0.3) is 21.8 Å². The summed E-state index contributed by atoms with van der Waals surface area (Å²) in [5.41, 5.74) is 6.19. The number of halogens is 2. The standard InChI is InChI=1S/C22H16ClFN4O3S/c1-30-16-4-2-3-15(24)19(16)18-14(21(25)29)9-10-26-20(18)22-28-27-17(32-22)11-31-13-7-5-12(23)6-8-13/h2-10H,11H2,1H3,(H2,25,29). The molecule has 0 fully saturated rings. The summed E-state index contributed by atoms with van der Waals surface area (Å²) >= 11 is 7.09. The SMILES string of the molecule is COc1cccc(F)c1-c1c(C(N)=O)ccnc1-c1nnc(COc2ccc(Cl)cc2)s1. The third-order valence-corrected chi connectivity index (χ3v) is 5.66. The number of ether oxygens (including phenoxy) is 2. The molecule has 0 aliphatic heterocycles. The van der Waals surface area contributed by atoms with Crippen molar-refractivity contribution in [3.8, 4) is 33.3 Å². The molecule has 0 bridgehead atoms. The van der Waals surface area contributed by atoms with Gasteiger partial charge in [-0.1, -0.05) is 29.0 Å². The molecule has 0 atom stereocenters. The maximum atomic E-state index is 14.9. The second-order valence-electron chi connectivity index (χ2n) is 6.51. The van der Waals surface area contributed by atoms with Gasteiger partial charge in [0.05, 0.1) is 18.2 Å². The number of primary amides is 1. The van der Waals surface area contributed by atoms with Crippen LogP contribution in [0.4, 0.5) is 4.39 Å². The van der Waals surface area contributed by atoms with E-state index in [9.17, 15) is 9.18 Å². The maximum Gasteiger partial charge on any atom is 0.249 e. The van der Waals surface area contributed by atoms with Crippen molar-refractivity contribution in [2.24, 2.45) is 5.73 Å². The number of methoxy groups -OCH3 is 1. The van der Waals surface area contributed by atoms with Crippen molar-refractivity contribution in [2.45, 2.75) is 6.61 Å². The lowest BCUT2D eigenvalue weighted by Gasteiger charge is -2.14. The zero-order valence-electron chi connectivity index (χ0n) is 16.7. The third kappa shape index (κ3) is 4.39. The van der Waals surface area contributed by atoms with Crippen molar-refractivity contribution < 1.29 is 18.7 Å². The normalized spacial score (nSPS) is 10.7. The second-order valence-corrected chi connectivity index (χ2v) is 8.01. The fraction of sp³-hybridized carbons (Fsp3) is 0.0909. The first-order valence-electron chi connectivity index (χ1n) is 9.30. The number of aromatic nitrogens is 3. The molecule has 162 valence electrons. The first kappa shape index (κ1) is 21.7. The van der Waals surface area contributed by atoms with Gasteiger partial charge in [-0.2, -0.15) is 0 Å². The summed E-state index contributed by atoms with van der Waals surface area (Å²) < 4.78 is 25.9. The van der Waals surface area contributed by atoms with Crippen LogP contribution in [-0.4, -0.2) is 28.2 Å². The molecule has 10 heteroatoms. The van der Waals surface area contributed by atoms with Crippen molar-refractivity contribution in [3.05, 3.63) is 76.1 Å². The predicted octanol–water partition coefficient (Wildman–Crippen LogP) is 4.75. The lowest BCUT2D eigenvalue weighted by Crippen LogP contribution is -2.14. The van der Waals surface area contributed by atoms with Crippen LogP contribution in [0.5, 0.6) is 11.5 Å². The van der Waals surface area contributed by atoms with Crippen LogP contribution in [0.3, 0.4) is 0 Å². The van der Waals surface area contributed by atoms with Gasteiger partial charge in [-0.15, -0.1) is 10.2 Å². The summed E-state index contributed by atoms with van der Waals surface area (Å²) in [5, 5.41) is 9.85. The summed E-state index contributed by atoms with van der Waals surface area (Å²) in [7, 11) is 1.41. The molecule has 2 aromatic carbocycles. The highest BCUT2D eigenvalue weighted by molar-refractivity contribution is 7.14. The Morgan fingerprint density at radius 1 is 1.12 bits per heavy atom. The molecule has 0 aliphatic rings. The summed E-state index contributed by atoms with van der Waals surface area (Å²) in [6, 6.07) is 12.7. The lowest BCUT2D eigenvalue weighted by molar-refractivity contribution is 0.100. The number of pyridine rings is 1. The molecule has 4 aromatic rings. The number of benzene rings is 2. The molecule has 32 heavy (non-hydrogen) atoms. The largest absolute Gasteiger partial charge is 0.496 e. The summed E-state index contributed by atoms with van der Waals surface area (Å²) in [5.74, 6) is -0.462. The van der Waals surface area contributed by atoms with E-state index < -0.39 is 11.7 Å². The number of hydrogen-bond acceptors (Lipinski definition) is 7. The molecule has 0 spiro atoms. The van der Waals surface area contributed by atoms with Crippen LogP contribution >= 0.6 is 22.9 Å². The number of amides is 1. The molecule has 0 unspecified atom stereocenters. The minimum Gasteiger partial charge on any atom is -0.496 e. The number of hydrogen-bond donors (Lipinski definition) is 1. The van der Waals surface area contributed by atoms with Crippen LogP contribution in [0, 0.1) is 5.82 Å². The molecule has 7 nitrogen and oxygen atoms in total. The van der Waals surface area contributed by atoms with Gasteiger partial charge >= 0.3 is 0 Å². The number of carbonyl (C=O) groups is 1. The van der Waals surface area contributed by atoms with Crippen LogP contribution in [-0.2, 0) is 6.61 Å². The van der Waals surface area contributed by atoms with Gasteiger partial charge in [0.2, 0.25) is 5.91 Å². The van der Waals surface area contributed by atoms with E-state index in [2.05, 4.69) is 15.2 Å². The molecule has 2 heterocycles. The average Bonchev–Trinajstić information content (AvgIpc) is 3.27. The summed E-state index contributed by atoms with van der Waals surface area (Å²) in [4.78, 5) is 16.5. The number of nitrogens with zero attached hydrogens (tertiary/aromatic N) is 3. The first-order chi connectivity index (χ1) is 15.5. The minimum absolute atomic E-state index is 0.0704. The van der Waals surface area contributed by atoms with E-state index in [0.29, 0.717) is 20.8 Å². The summed E-state index contributed by atoms with van der Waals surface area (Å²) in [6.07, 6.45) is 1.41. The molecule has 4 rings (SSSR count). The zero-order chi connectivity index (χ0) is 22.7. The van der Waals surface area contributed by atoms with E-state index in [1.54, 1.807) is 30.3 Å². The average molecular weight is 471 g/mol. The molecular weight excluding hydrogens is 455 g/mol. The minimum atomic E-state index is -0.732. The van der Waals surface area contributed by atoms with Crippen molar-refractivity contribution in [2.75, 3.05) is 7.11 Å². The molecule has 0 radical (unpaired) electrons. The highest BCUT2D eigenvalue weighted by Crippen LogP contribution is 2.40. The number of nitrogens with two attached hydrogens (primary N) is 1. The number of rotatable bonds is 7. The Bertz CT molecular complexity index is 1280. The molecule has 2 aromatic heterocycles. The van der Waals surface area contributed by atoms with Crippen LogP contribution in [0.1, 0.15) is 15.4 Å². The Kier molecular flexibility index (Phi) is 6.29. The molecule has 0 saturated heterocycles. The third-order valence-electron chi connectivity index (χ3n) is 4.51. The Balaban J connectivity index is 1.75. The Hall–Kier alpha value is -3.56. The van der Waals surface area contributed by atoms with Gasteiger partial charge in [-0.05, 0) is 42.5 Å². The van der Waals surface area contributed by atoms with Crippen LogP contribution in [0.15, 0.2) is 54.7 Å². The van der Waals surface area contributed by atoms with Crippen molar-refractivity contribution in [1.29, 1.82) is 0 Å². The Morgan fingerprint density at radius 2 is 1.91 bits per heavy atom. The van der Waals surface area contributed by atoms with E-state index in [-0.39, 0.29) is 34.7 Å². The van der Waals surface area contributed by atoms with Gasteiger partial charge in [0.1, 0.15) is 29.6 Å². The van der Waals surface area contributed by atoms with Crippen molar-refractivity contribution in [3.63, 3.8) is 0 Å². The molecule has 1 amide bonds. The molecule has 0 saturated carbocycles. The highest BCUT2D eigenvalue weighted by Gasteiger charge is 2.25.